The van der Waals surface area contributed by atoms with E-state index in [0.29, 0.717) is 11.8 Å². The summed E-state index contributed by atoms with van der Waals surface area (Å²) < 4.78 is 16.0. The van der Waals surface area contributed by atoms with Gasteiger partial charge in [0.05, 0.1) is 11.9 Å². The first-order valence-electron chi connectivity index (χ1n) is 11.4. The van der Waals surface area contributed by atoms with Crippen molar-refractivity contribution in [1.29, 1.82) is 0 Å². The number of nitrogens with one attached hydrogen (secondary N) is 1. The summed E-state index contributed by atoms with van der Waals surface area (Å²) in [6.45, 7) is 9.35. The summed E-state index contributed by atoms with van der Waals surface area (Å²) in [4.78, 5) is 16.8. The fourth-order valence-electron chi connectivity index (χ4n) is 4.51. The Bertz CT molecular complexity index is 1450. The average molecular weight is 442 g/mol. The molecule has 0 aliphatic carbocycles. The first-order chi connectivity index (χ1) is 15.9. The Balaban J connectivity index is 1.38. The summed E-state index contributed by atoms with van der Waals surface area (Å²) in [5.74, 6) is 0.355. The van der Waals surface area contributed by atoms with Crippen molar-refractivity contribution in [3.8, 4) is 11.3 Å². The highest BCUT2D eigenvalue weighted by molar-refractivity contribution is 5.82. The van der Waals surface area contributed by atoms with Crippen LogP contribution in [0.4, 0.5) is 4.39 Å². The van der Waals surface area contributed by atoms with Gasteiger partial charge in [0.15, 0.2) is 0 Å². The highest BCUT2D eigenvalue weighted by Crippen LogP contribution is 2.30. The van der Waals surface area contributed by atoms with Crippen LogP contribution in [-0.4, -0.2) is 24.5 Å². The van der Waals surface area contributed by atoms with E-state index in [-0.39, 0.29) is 5.82 Å². The van der Waals surface area contributed by atoms with E-state index in [1.807, 2.05) is 19.3 Å². The van der Waals surface area contributed by atoms with E-state index >= 15 is 0 Å². The maximum absolute atomic E-state index is 13.8. The number of aromatic nitrogens is 5. The molecule has 0 radical (unpaired) electrons. The number of aromatic amines is 1. The second-order valence-corrected chi connectivity index (χ2v) is 9.24. The maximum atomic E-state index is 13.8. The third-order valence-corrected chi connectivity index (χ3v) is 6.39. The Morgan fingerprint density at radius 1 is 1.03 bits per heavy atom. The van der Waals surface area contributed by atoms with Crippen molar-refractivity contribution >= 4 is 22.1 Å². The topological polar surface area (TPSA) is 59.4 Å². The minimum absolute atomic E-state index is 0.290. The van der Waals surface area contributed by atoms with Gasteiger partial charge < -0.3 is 9.55 Å². The van der Waals surface area contributed by atoms with Gasteiger partial charge in [-0.1, -0.05) is 20.8 Å². The van der Waals surface area contributed by atoms with Crippen LogP contribution in [0.1, 0.15) is 55.8 Å². The van der Waals surface area contributed by atoms with E-state index in [4.69, 9.17) is 0 Å². The van der Waals surface area contributed by atoms with E-state index in [2.05, 4.69) is 75.7 Å². The van der Waals surface area contributed by atoms with Crippen LogP contribution >= 0.6 is 0 Å². The molecule has 5 nitrogen and oxygen atoms in total. The molecular weight excluding hydrogens is 413 g/mol. The van der Waals surface area contributed by atoms with Gasteiger partial charge in [-0.2, -0.15) is 0 Å². The van der Waals surface area contributed by atoms with Crippen molar-refractivity contribution < 1.29 is 4.39 Å². The molecule has 1 atom stereocenters. The number of hydrogen-bond acceptors (Lipinski definition) is 3. The number of halogens is 1. The maximum Gasteiger partial charge on any atom is 0.142 e. The van der Waals surface area contributed by atoms with E-state index in [9.17, 15) is 4.39 Å². The molecule has 5 rings (SSSR count). The molecule has 5 heterocycles. The molecule has 0 bridgehead atoms. The van der Waals surface area contributed by atoms with Crippen LogP contribution in [0, 0.1) is 12.7 Å². The summed E-state index contributed by atoms with van der Waals surface area (Å²) in [5, 5.41) is 2.00. The predicted molar refractivity (Wildman–Crippen MR) is 131 cm³/mol. The lowest BCUT2D eigenvalue weighted by Crippen LogP contribution is -2.03. The lowest BCUT2D eigenvalue weighted by atomic mass is 9.97. The van der Waals surface area contributed by atoms with Gasteiger partial charge in [-0.15, -0.1) is 0 Å². The average Bonchev–Trinajstić information content (AvgIpc) is 3.36. The number of rotatable bonds is 6. The third kappa shape index (κ3) is 4.13. The van der Waals surface area contributed by atoms with Crippen molar-refractivity contribution in [2.24, 2.45) is 0 Å². The zero-order valence-corrected chi connectivity index (χ0v) is 19.4. The molecular formula is C27H28FN5. The third-order valence-electron chi connectivity index (χ3n) is 6.39. The fourth-order valence-corrected chi connectivity index (χ4v) is 4.51. The van der Waals surface area contributed by atoms with Gasteiger partial charge in [-0.25, -0.2) is 14.4 Å². The molecule has 0 aromatic carbocycles. The van der Waals surface area contributed by atoms with Gasteiger partial charge >= 0.3 is 0 Å². The fraction of sp³-hybridized carbons (Fsp3) is 0.296. The van der Waals surface area contributed by atoms with Gasteiger partial charge in [0, 0.05) is 47.2 Å². The van der Waals surface area contributed by atoms with Crippen molar-refractivity contribution in [3.05, 3.63) is 77.8 Å². The number of nitrogens with zero attached hydrogens (tertiary/aromatic N) is 4. The predicted octanol–water partition coefficient (Wildman–Crippen LogP) is 6.74. The highest BCUT2D eigenvalue weighted by atomic mass is 19.1. The molecule has 5 aromatic heterocycles. The van der Waals surface area contributed by atoms with E-state index < -0.39 is 0 Å². The Morgan fingerprint density at radius 2 is 1.88 bits per heavy atom. The lowest BCUT2D eigenvalue weighted by molar-refractivity contribution is 0.582. The minimum atomic E-state index is -0.290. The number of aryl methyl sites for hydroxylation is 2. The molecule has 6 heteroatoms. The van der Waals surface area contributed by atoms with E-state index in [0.717, 1.165) is 57.5 Å². The molecule has 0 fully saturated rings. The Hall–Kier alpha value is -3.54. The molecule has 1 N–H and O–H groups in total. The summed E-state index contributed by atoms with van der Waals surface area (Å²) in [7, 11) is 0. The number of hydrogen-bond donors (Lipinski definition) is 1. The molecule has 0 aliphatic rings. The van der Waals surface area contributed by atoms with Gasteiger partial charge in [0.1, 0.15) is 17.1 Å². The largest absolute Gasteiger partial charge is 0.344 e. The summed E-state index contributed by atoms with van der Waals surface area (Å²) >= 11 is 0. The normalized spacial score (nSPS) is 12.8. The Morgan fingerprint density at radius 3 is 2.70 bits per heavy atom. The molecule has 0 aliphatic heterocycles. The van der Waals surface area contributed by atoms with Crippen molar-refractivity contribution in [2.45, 2.75) is 52.5 Å². The first kappa shape index (κ1) is 21.3. The van der Waals surface area contributed by atoms with Gasteiger partial charge in [0.25, 0.3) is 0 Å². The van der Waals surface area contributed by atoms with Crippen LogP contribution < -0.4 is 0 Å². The molecule has 5 aromatic rings. The number of pyridine rings is 3. The SMILES string of the molecule is Cc1cc2cc(-c3cc(C(C)CCn4cc(C(C)C)c5cc(F)cnc54)ccn3)cnc2[nH]1. The Labute approximate surface area is 192 Å². The molecule has 0 saturated heterocycles. The van der Waals surface area contributed by atoms with Crippen LogP contribution in [0.2, 0.25) is 0 Å². The smallest absolute Gasteiger partial charge is 0.142 e. The van der Waals surface area contributed by atoms with Crippen molar-refractivity contribution in [3.63, 3.8) is 0 Å². The minimum Gasteiger partial charge on any atom is -0.344 e. The van der Waals surface area contributed by atoms with Gasteiger partial charge in [0.2, 0.25) is 0 Å². The monoisotopic (exact) mass is 441 g/mol. The van der Waals surface area contributed by atoms with Crippen LogP contribution in [0.15, 0.2) is 55.1 Å². The molecule has 0 spiro atoms. The van der Waals surface area contributed by atoms with E-state index in [1.54, 1.807) is 6.07 Å². The van der Waals surface area contributed by atoms with Gasteiger partial charge in [-0.05, 0) is 66.6 Å². The van der Waals surface area contributed by atoms with Crippen LogP contribution in [0.3, 0.4) is 0 Å². The molecule has 33 heavy (non-hydrogen) atoms. The summed E-state index contributed by atoms with van der Waals surface area (Å²) in [5.41, 5.74) is 7.17. The molecule has 0 saturated carbocycles. The number of H-pyrrole nitrogens is 1. The van der Waals surface area contributed by atoms with Crippen LogP contribution in [-0.2, 0) is 6.54 Å². The van der Waals surface area contributed by atoms with Crippen molar-refractivity contribution in [2.75, 3.05) is 0 Å². The molecule has 168 valence electrons. The first-order valence-corrected chi connectivity index (χ1v) is 11.4. The van der Waals surface area contributed by atoms with E-state index in [1.165, 1.54) is 11.8 Å². The second kappa shape index (κ2) is 8.43. The quantitative estimate of drug-likeness (QED) is 0.317. The zero-order valence-electron chi connectivity index (χ0n) is 19.4. The number of fused-ring (bicyclic) bond motifs is 2. The van der Waals surface area contributed by atoms with Crippen LogP contribution in [0.25, 0.3) is 33.3 Å². The van der Waals surface area contributed by atoms with Gasteiger partial charge in [-0.3, -0.25) is 4.98 Å². The Kier molecular flexibility index (Phi) is 5.44. The zero-order chi connectivity index (χ0) is 23.1. The standard InChI is InChI=1S/C27H28FN5/c1-16(2)24-15-33(27-23(24)12-22(28)14-31-27)8-6-17(3)19-5-7-29-25(11-19)21-10-20-9-18(4)32-26(20)30-13-21/h5,7,9-17H,6,8H2,1-4H3,(H,30,32). The van der Waals surface area contributed by atoms with Crippen LogP contribution in [0.5, 0.6) is 0 Å². The summed E-state index contributed by atoms with van der Waals surface area (Å²) in [6.07, 6.45) is 8.13. The summed E-state index contributed by atoms with van der Waals surface area (Å²) in [6, 6.07) is 10.1. The molecule has 0 amide bonds. The van der Waals surface area contributed by atoms with Crippen molar-refractivity contribution in [1.82, 2.24) is 24.5 Å². The second-order valence-electron chi connectivity index (χ2n) is 9.24. The highest BCUT2D eigenvalue weighted by Gasteiger charge is 2.15. The lowest BCUT2D eigenvalue weighted by Gasteiger charge is -2.14. The molecule has 1 unspecified atom stereocenters.